The van der Waals surface area contributed by atoms with Crippen molar-refractivity contribution in [1.29, 1.82) is 0 Å². The number of rotatable bonds is 2. The molecule has 0 spiro atoms. The van der Waals surface area contributed by atoms with Gasteiger partial charge in [-0.15, -0.1) is 0 Å². The number of ether oxygens (including phenoxy) is 1. The summed E-state index contributed by atoms with van der Waals surface area (Å²) >= 11 is 0. The highest BCUT2D eigenvalue weighted by molar-refractivity contribution is 5.81. The number of para-hydroxylation sites is 1. The molecule has 106 valence electrons. The molecule has 20 heavy (non-hydrogen) atoms. The van der Waals surface area contributed by atoms with Crippen molar-refractivity contribution in [2.45, 2.75) is 25.0 Å². The molecule has 0 bridgehead atoms. The zero-order chi connectivity index (χ0) is 14.5. The van der Waals surface area contributed by atoms with Gasteiger partial charge in [0.05, 0.1) is 17.7 Å². The van der Waals surface area contributed by atoms with Crippen LogP contribution < -0.4 is 10.2 Å². The maximum atomic E-state index is 12.5. The Labute approximate surface area is 116 Å². The Morgan fingerprint density at radius 2 is 2.15 bits per heavy atom. The number of fused-ring (bicyclic) bond motifs is 2. The van der Waals surface area contributed by atoms with Crippen LogP contribution in [0.4, 0.5) is 0 Å². The molecular weight excluding hydrogens is 258 g/mol. The first-order valence-corrected chi connectivity index (χ1v) is 6.56. The molecule has 0 amide bonds. The van der Waals surface area contributed by atoms with Gasteiger partial charge in [0.2, 0.25) is 5.88 Å². The van der Waals surface area contributed by atoms with Crippen molar-refractivity contribution in [2.24, 2.45) is 7.05 Å². The summed E-state index contributed by atoms with van der Waals surface area (Å²) in [5.74, 6) is 0.479. The van der Waals surface area contributed by atoms with Gasteiger partial charge in [-0.1, -0.05) is 12.1 Å². The Balaban J connectivity index is 2.20. The molecule has 1 aliphatic heterocycles. The fourth-order valence-electron chi connectivity index (χ4n) is 2.67. The molecular formula is C15H17NO4. The van der Waals surface area contributed by atoms with Crippen molar-refractivity contribution in [3.8, 4) is 5.88 Å². The molecule has 2 atom stereocenters. The van der Waals surface area contributed by atoms with E-state index in [0.717, 1.165) is 5.52 Å². The lowest BCUT2D eigenvalue weighted by Gasteiger charge is -2.27. The monoisotopic (exact) mass is 275 g/mol. The largest absolute Gasteiger partial charge is 0.472 e. The SMILES string of the molecule is Cn1c2c(c(=O)c3ccccc31)C[C@H]([C@](C)(O)CO)O2. The Hall–Kier alpha value is -1.85. The van der Waals surface area contributed by atoms with Gasteiger partial charge in [-0.2, -0.15) is 0 Å². The second-order valence-corrected chi connectivity index (χ2v) is 5.51. The number of aromatic nitrogens is 1. The van der Waals surface area contributed by atoms with E-state index in [1.807, 2.05) is 29.8 Å². The summed E-state index contributed by atoms with van der Waals surface area (Å²) in [6, 6.07) is 7.34. The Morgan fingerprint density at radius 1 is 1.45 bits per heavy atom. The lowest BCUT2D eigenvalue weighted by atomic mass is 9.96. The maximum absolute atomic E-state index is 12.5. The van der Waals surface area contributed by atoms with Gasteiger partial charge in [-0.3, -0.25) is 4.79 Å². The number of hydrogen-bond donors (Lipinski definition) is 2. The van der Waals surface area contributed by atoms with E-state index < -0.39 is 18.3 Å². The van der Waals surface area contributed by atoms with Crippen LogP contribution in [0.2, 0.25) is 0 Å². The minimum Gasteiger partial charge on any atom is -0.472 e. The molecule has 2 heterocycles. The lowest BCUT2D eigenvalue weighted by molar-refractivity contribution is -0.0744. The second kappa shape index (κ2) is 4.33. The van der Waals surface area contributed by atoms with E-state index in [9.17, 15) is 15.0 Å². The van der Waals surface area contributed by atoms with E-state index >= 15 is 0 Å². The van der Waals surface area contributed by atoms with Crippen LogP contribution in [-0.4, -0.2) is 33.1 Å². The molecule has 0 saturated carbocycles. The summed E-state index contributed by atoms with van der Waals surface area (Å²) in [6.45, 7) is 1.09. The average Bonchev–Trinajstić information content (AvgIpc) is 2.91. The van der Waals surface area contributed by atoms with Crippen molar-refractivity contribution in [2.75, 3.05) is 6.61 Å². The highest BCUT2D eigenvalue weighted by atomic mass is 16.5. The van der Waals surface area contributed by atoms with Gasteiger partial charge in [0, 0.05) is 18.9 Å². The number of nitrogens with zero attached hydrogens (tertiary/aromatic N) is 1. The molecule has 1 aliphatic rings. The zero-order valence-corrected chi connectivity index (χ0v) is 11.5. The Morgan fingerprint density at radius 3 is 2.85 bits per heavy atom. The van der Waals surface area contributed by atoms with Gasteiger partial charge in [0.1, 0.15) is 11.7 Å². The topological polar surface area (TPSA) is 71.7 Å². The normalized spacial score (nSPS) is 20.5. The second-order valence-electron chi connectivity index (χ2n) is 5.51. The summed E-state index contributed by atoms with van der Waals surface area (Å²) in [7, 11) is 1.83. The first-order chi connectivity index (χ1) is 9.45. The summed E-state index contributed by atoms with van der Waals surface area (Å²) in [5, 5.41) is 20.0. The van der Waals surface area contributed by atoms with Gasteiger partial charge in [0.15, 0.2) is 5.43 Å². The van der Waals surface area contributed by atoms with Gasteiger partial charge in [-0.05, 0) is 19.1 Å². The maximum Gasteiger partial charge on any atom is 0.201 e. The smallest absolute Gasteiger partial charge is 0.201 e. The number of aryl methyl sites for hydroxylation is 1. The van der Waals surface area contributed by atoms with Gasteiger partial charge >= 0.3 is 0 Å². The van der Waals surface area contributed by atoms with Crippen molar-refractivity contribution < 1.29 is 14.9 Å². The van der Waals surface area contributed by atoms with Crippen LogP contribution in [0.3, 0.4) is 0 Å². The van der Waals surface area contributed by atoms with Crippen molar-refractivity contribution in [1.82, 2.24) is 4.57 Å². The first kappa shape index (κ1) is 13.1. The summed E-state index contributed by atoms with van der Waals surface area (Å²) in [4.78, 5) is 12.5. The number of pyridine rings is 1. The molecule has 0 saturated heterocycles. The van der Waals surface area contributed by atoms with Crippen molar-refractivity contribution >= 4 is 10.9 Å². The van der Waals surface area contributed by atoms with Crippen LogP contribution in [0.15, 0.2) is 29.1 Å². The van der Waals surface area contributed by atoms with Gasteiger partial charge < -0.3 is 19.5 Å². The highest BCUT2D eigenvalue weighted by Crippen LogP contribution is 2.32. The number of aliphatic hydroxyl groups excluding tert-OH is 1. The van der Waals surface area contributed by atoms with Crippen molar-refractivity contribution in [3.05, 3.63) is 40.1 Å². The Bertz CT molecular complexity index is 732. The van der Waals surface area contributed by atoms with E-state index in [4.69, 9.17) is 4.74 Å². The number of aliphatic hydroxyl groups is 2. The molecule has 0 fully saturated rings. The quantitative estimate of drug-likeness (QED) is 0.841. The van der Waals surface area contributed by atoms with E-state index in [0.29, 0.717) is 23.3 Å². The predicted octanol–water partition coefficient (Wildman–Crippen LogP) is 0.585. The van der Waals surface area contributed by atoms with Crippen LogP contribution in [0, 0.1) is 0 Å². The van der Waals surface area contributed by atoms with E-state index in [1.54, 1.807) is 6.07 Å². The molecule has 5 nitrogen and oxygen atoms in total. The van der Waals surface area contributed by atoms with Gasteiger partial charge in [-0.25, -0.2) is 0 Å². The van der Waals surface area contributed by atoms with E-state index in [2.05, 4.69) is 0 Å². The van der Waals surface area contributed by atoms with Crippen LogP contribution in [0.25, 0.3) is 10.9 Å². The fraction of sp³-hybridized carbons (Fsp3) is 0.400. The number of hydrogen-bond acceptors (Lipinski definition) is 4. The first-order valence-electron chi connectivity index (χ1n) is 6.56. The van der Waals surface area contributed by atoms with Crippen LogP contribution in [-0.2, 0) is 13.5 Å². The average molecular weight is 275 g/mol. The molecule has 0 aliphatic carbocycles. The van der Waals surface area contributed by atoms with E-state index in [-0.39, 0.29) is 5.43 Å². The molecule has 3 rings (SSSR count). The third-order valence-corrected chi connectivity index (χ3v) is 4.00. The lowest BCUT2D eigenvalue weighted by Crippen LogP contribution is -2.45. The van der Waals surface area contributed by atoms with Crippen molar-refractivity contribution in [3.63, 3.8) is 0 Å². The fourth-order valence-corrected chi connectivity index (χ4v) is 2.67. The third kappa shape index (κ3) is 1.74. The zero-order valence-electron chi connectivity index (χ0n) is 11.5. The molecule has 5 heteroatoms. The Kier molecular flexibility index (Phi) is 2.84. The summed E-state index contributed by atoms with van der Waals surface area (Å²) < 4.78 is 7.55. The molecule has 1 aromatic heterocycles. The van der Waals surface area contributed by atoms with E-state index in [1.165, 1.54) is 6.92 Å². The molecule has 0 radical (unpaired) electrons. The molecule has 2 N–H and O–H groups in total. The summed E-state index contributed by atoms with van der Waals surface area (Å²) in [6.07, 6.45) is -0.307. The molecule has 0 unspecified atom stereocenters. The van der Waals surface area contributed by atoms with Crippen LogP contribution in [0.1, 0.15) is 12.5 Å². The van der Waals surface area contributed by atoms with Crippen LogP contribution in [0.5, 0.6) is 5.88 Å². The third-order valence-electron chi connectivity index (χ3n) is 4.00. The number of benzene rings is 1. The standard InChI is InChI=1S/C15H17NO4/c1-15(19,8-17)12-7-10-13(18)9-5-3-4-6-11(9)16(2)14(10)20-12/h3-6,12,17,19H,7-8H2,1-2H3/t12-,15-/m1/s1. The predicted molar refractivity (Wildman–Crippen MR) is 75.0 cm³/mol. The minimum absolute atomic E-state index is 0.0649. The minimum atomic E-state index is -1.37. The highest BCUT2D eigenvalue weighted by Gasteiger charge is 2.40. The van der Waals surface area contributed by atoms with Crippen LogP contribution >= 0.6 is 0 Å². The molecule has 1 aromatic carbocycles. The van der Waals surface area contributed by atoms with Gasteiger partial charge in [0.25, 0.3) is 0 Å². The molecule has 2 aromatic rings. The summed E-state index contributed by atoms with van der Waals surface area (Å²) in [5.41, 5.74) is -0.0830.